The zero-order valence-electron chi connectivity index (χ0n) is 10.7. The van der Waals surface area contributed by atoms with Crippen LogP contribution in [0.25, 0.3) is 0 Å². The van der Waals surface area contributed by atoms with Gasteiger partial charge in [-0.05, 0) is 6.42 Å². The van der Waals surface area contributed by atoms with E-state index in [9.17, 15) is 9.59 Å². The van der Waals surface area contributed by atoms with Gasteiger partial charge in [0, 0.05) is 34.2 Å². The predicted molar refractivity (Wildman–Crippen MR) is 61.9 cm³/mol. The van der Waals surface area contributed by atoms with Gasteiger partial charge in [-0.1, -0.05) is 6.92 Å². The molecule has 0 aromatic heterocycles. The maximum absolute atomic E-state index is 11.7. The summed E-state index contributed by atoms with van der Waals surface area (Å²) < 4.78 is 16.0. The summed E-state index contributed by atoms with van der Waals surface area (Å²) in [6.07, 6.45) is 1.08. The second-order valence-electron chi connectivity index (χ2n) is 3.80. The van der Waals surface area contributed by atoms with Crippen LogP contribution in [0.5, 0.6) is 0 Å². The Balaban J connectivity index is 3.04. The minimum atomic E-state index is -3.01. The van der Waals surface area contributed by atoms with E-state index in [0.717, 1.165) is 0 Å². The highest BCUT2D eigenvalue weighted by Gasteiger charge is 2.53. The number of nitrogens with zero attached hydrogens (tertiary/aromatic N) is 1. The Kier molecular flexibility index (Phi) is 4.81. The topological polar surface area (TPSA) is 65.1 Å². The maximum Gasteiger partial charge on any atom is 0.524 e. The van der Waals surface area contributed by atoms with Gasteiger partial charge in [0.15, 0.2) is 0 Å². The molecule has 0 aromatic carbocycles. The van der Waals surface area contributed by atoms with E-state index in [4.69, 9.17) is 13.3 Å². The van der Waals surface area contributed by atoms with Crippen molar-refractivity contribution in [3.63, 3.8) is 0 Å². The third kappa shape index (κ3) is 2.42. The van der Waals surface area contributed by atoms with Crippen molar-refractivity contribution >= 4 is 20.6 Å². The molecule has 0 aromatic rings. The lowest BCUT2D eigenvalue weighted by molar-refractivity contribution is -0.141. The zero-order valence-corrected chi connectivity index (χ0v) is 11.7. The SMILES string of the molecule is CCC(N1C(=O)CCC1=O)[Si](OC)(OC)OC. The molecule has 0 spiro atoms. The number of carbonyl (C=O) groups excluding carboxylic acids is 2. The molecule has 1 fully saturated rings. The van der Waals surface area contributed by atoms with E-state index in [1.54, 1.807) is 0 Å². The van der Waals surface area contributed by atoms with Gasteiger partial charge < -0.3 is 13.3 Å². The van der Waals surface area contributed by atoms with Crippen LogP contribution in [0.1, 0.15) is 26.2 Å². The van der Waals surface area contributed by atoms with Crippen LogP contribution in [0.4, 0.5) is 0 Å². The summed E-state index contributed by atoms with van der Waals surface area (Å²) in [5.74, 6) is -0.352. The van der Waals surface area contributed by atoms with Crippen LogP contribution in [0.2, 0.25) is 0 Å². The van der Waals surface area contributed by atoms with Crippen LogP contribution in [-0.2, 0) is 22.9 Å². The Hall–Kier alpha value is -0.763. The van der Waals surface area contributed by atoms with Gasteiger partial charge in [-0.2, -0.15) is 0 Å². The van der Waals surface area contributed by atoms with E-state index in [-0.39, 0.29) is 24.7 Å². The molecule has 1 aliphatic heterocycles. The Morgan fingerprint density at radius 3 is 1.82 bits per heavy atom. The second kappa shape index (κ2) is 5.72. The number of likely N-dealkylation sites (tertiary alicyclic amines) is 1. The fourth-order valence-electron chi connectivity index (χ4n) is 2.19. The monoisotopic (exact) mass is 261 g/mol. The maximum atomic E-state index is 11.7. The molecule has 0 bridgehead atoms. The van der Waals surface area contributed by atoms with Crippen molar-refractivity contribution in [2.24, 2.45) is 0 Å². The molecule has 7 heteroatoms. The molecule has 1 aliphatic rings. The smallest absolute Gasteiger partial charge is 0.376 e. The van der Waals surface area contributed by atoms with Gasteiger partial charge in [-0.3, -0.25) is 14.5 Å². The van der Waals surface area contributed by atoms with Gasteiger partial charge >= 0.3 is 8.80 Å². The van der Waals surface area contributed by atoms with E-state index < -0.39 is 14.5 Å². The van der Waals surface area contributed by atoms with Gasteiger partial charge in [0.2, 0.25) is 11.8 Å². The summed E-state index contributed by atoms with van der Waals surface area (Å²) in [5, 5.41) is 0. The highest BCUT2D eigenvalue weighted by Crippen LogP contribution is 2.25. The molecule has 0 saturated carbocycles. The average molecular weight is 261 g/mol. The molecule has 0 aliphatic carbocycles. The Bertz CT molecular complexity index is 281. The largest absolute Gasteiger partial charge is 0.524 e. The molecule has 2 amide bonds. The molecule has 0 radical (unpaired) electrons. The fourth-order valence-corrected chi connectivity index (χ4v) is 4.61. The van der Waals surface area contributed by atoms with Crippen LogP contribution in [-0.4, -0.2) is 52.5 Å². The van der Waals surface area contributed by atoms with Crippen LogP contribution < -0.4 is 0 Å². The molecule has 0 N–H and O–H groups in total. The van der Waals surface area contributed by atoms with Crippen molar-refractivity contribution < 1.29 is 22.9 Å². The van der Waals surface area contributed by atoms with E-state index in [1.807, 2.05) is 6.92 Å². The Morgan fingerprint density at radius 2 is 1.53 bits per heavy atom. The number of rotatable bonds is 6. The second-order valence-corrected chi connectivity index (χ2v) is 6.90. The minimum absolute atomic E-state index is 0.176. The molecular weight excluding hydrogens is 242 g/mol. The molecule has 1 atom stereocenters. The number of amides is 2. The van der Waals surface area contributed by atoms with Gasteiger partial charge in [0.05, 0.1) is 0 Å². The van der Waals surface area contributed by atoms with Crippen LogP contribution >= 0.6 is 0 Å². The molecule has 6 nitrogen and oxygen atoms in total. The summed E-state index contributed by atoms with van der Waals surface area (Å²) in [5.41, 5.74) is -0.440. The van der Waals surface area contributed by atoms with E-state index in [1.165, 1.54) is 26.2 Å². The first-order chi connectivity index (χ1) is 8.06. The molecule has 1 heterocycles. The van der Waals surface area contributed by atoms with Crippen molar-refractivity contribution in [1.82, 2.24) is 4.90 Å². The lowest BCUT2D eigenvalue weighted by Crippen LogP contribution is -2.62. The quantitative estimate of drug-likeness (QED) is 0.509. The van der Waals surface area contributed by atoms with Crippen molar-refractivity contribution in [3.8, 4) is 0 Å². The molecular formula is C10H19NO5Si. The fraction of sp³-hybridized carbons (Fsp3) is 0.800. The predicted octanol–water partition coefficient (Wildman–Crippen LogP) is 0.331. The minimum Gasteiger partial charge on any atom is -0.376 e. The van der Waals surface area contributed by atoms with Gasteiger partial charge in [0.1, 0.15) is 5.67 Å². The van der Waals surface area contributed by atoms with Crippen molar-refractivity contribution in [1.29, 1.82) is 0 Å². The average Bonchev–Trinajstić information content (AvgIpc) is 2.67. The Morgan fingerprint density at radius 1 is 1.12 bits per heavy atom. The molecule has 1 rings (SSSR count). The number of imide groups is 1. The molecule has 98 valence electrons. The summed E-state index contributed by atoms with van der Waals surface area (Å²) in [7, 11) is 1.43. The van der Waals surface area contributed by atoms with Crippen LogP contribution in [0, 0.1) is 0 Å². The van der Waals surface area contributed by atoms with E-state index in [2.05, 4.69) is 0 Å². The highest BCUT2D eigenvalue weighted by atomic mass is 28.4. The molecule has 17 heavy (non-hydrogen) atoms. The number of carbonyl (C=O) groups is 2. The first-order valence-electron chi connectivity index (χ1n) is 5.56. The van der Waals surface area contributed by atoms with Crippen molar-refractivity contribution in [3.05, 3.63) is 0 Å². The number of hydrogen-bond acceptors (Lipinski definition) is 5. The first-order valence-corrected chi connectivity index (χ1v) is 7.36. The van der Waals surface area contributed by atoms with Crippen LogP contribution in [0.3, 0.4) is 0 Å². The van der Waals surface area contributed by atoms with Crippen LogP contribution in [0.15, 0.2) is 0 Å². The molecule has 1 saturated heterocycles. The van der Waals surface area contributed by atoms with Gasteiger partial charge in [-0.15, -0.1) is 0 Å². The summed E-state index contributed by atoms with van der Waals surface area (Å²) in [6, 6.07) is 0. The first kappa shape index (κ1) is 14.3. The van der Waals surface area contributed by atoms with E-state index >= 15 is 0 Å². The summed E-state index contributed by atoms with van der Waals surface area (Å²) in [6.45, 7) is 1.88. The summed E-state index contributed by atoms with van der Waals surface area (Å²) in [4.78, 5) is 24.7. The third-order valence-electron chi connectivity index (χ3n) is 3.05. The normalized spacial score (nSPS) is 18.9. The highest BCUT2D eigenvalue weighted by molar-refractivity contribution is 6.63. The van der Waals surface area contributed by atoms with Gasteiger partial charge in [0.25, 0.3) is 0 Å². The Labute approximate surface area is 102 Å². The standard InChI is InChI=1S/C10H19NO5Si/c1-5-10(17(14-2,15-3)16-4)11-8(12)6-7-9(11)13/h10H,5-7H2,1-4H3. The van der Waals surface area contributed by atoms with Crippen molar-refractivity contribution in [2.75, 3.05) is 21.3 Å². The lowest BCUT2D eigenvalue weighted by atomic mass is 10.4. The third-order valence-corrected chi connectivity index (χ3v) is 6.24. The number of hydrogen-bond donors (Lipinski definition) is 0. The van der Waals surface area contributed by atoms with Gasteiger partial charge in [-0.25, -0.2) is 0 Å². The van der Waals surface area contributed by atoms with Crippen molar-refractivity contribution in [2.45, 2.75) is 31.9 Å². The lowest BCUT2D eigenvalue weighted by Gasteiger charge is -2.36. The van der Waals surface area contributed by atoms with E-state index in [0.29, 0.717) is 6.42 Å². The summed E-state index contributed by atoms with van der Waals surface area (Å²) >= 11 is 0. The zero-order chi connectivity index (χ0) is 13.1. The molecule has 1 unspecified atom stereocenters.